The SMILES string of the molecule is CC(NC(=O)c1cc(F)cc(N2CCOCC2)c1)c1ccon1. The van der Waals surface area contributed by atoms with E-state index in [1.807, 2.05) is 4.90 Å². The number of amides is 1. The first-order valence-electron chi connectivity index (χ1n) is 7.48. The summed E-state index contributed by atoms with van der Waals surface area (Å²) in [6.07, 6.45) is 1.44. The van der Waals surface area contributed by atoms with E-state index in [0.717, 1.165) is 0 Å². The predicted octanol–water partition coefficient (Wildman–Crippen LogP) is 2.14. The highest BCUT2D eigenvalue weighted by molar-refractivity contribution is 5.95. The first-order chi connectivity index (χ1) is 11.1. The summed E-state index contributed by atoms with van der Waals surface area (Å²) in [7, 11) is 0. The molecule has 7 heteroatoms. The lowest BCUT2D eigenvalue weighted by atomic mass is 10.1. The highest BCUT2D eigenvalue weighted by Gasteiger charge is 2.17. The van der Waals surface area contributed by atoms with Crippen LogP contribution in [0.15, 0.2) is 35.1 Å². The number of benzene rings is 1. The Morgan fingerprint density at radius 1 is 1.35 bits per heavy atom. The van der Waals surface area contributed by atoms with Crippen molar-refractivity contribution < 1.29 is 18.4 Å². The van der Waals surface area contributed by atoms with Gasteiger partial charge in [0.1, 0.15) is 17.8 Å². The van der Waals surface area contributed by atoms with E-state index < -0.39 is 5.82 Å². The molecule has 1 aromatic heterocycles. The maximum Gasteiger partial charge on any atom is 0.251 e. The summed E-state index contributed by atoms with van der Waals surface area (Å²) in [5, 5.41) is 6.57. The van der Waals surface area contributed by atoms with Crippen LogP contribution in [0.5, 0.6) is 0 Å². The van der Waals surface area contributed by atoms with E-state index in [1.165, 1.54) is 18.4 Å². The average Bonchev–Trinajstić information content (AvgIpc) is 3.09. The van der Waals surface area contributed by atoms with Gasteiger partial charge >= 0.3 is 0 Å². The quantitative estimate of drug-likeness (QED) is 0.935. The minimum atomic E-state index is -0.437. The molecule has 2 heterocycles. The summed E-state index contributed by atoms with van der Waals surface area (Å²) in [6.45, 7) is 4.35. The largest absolute Gasteiger partial charge is 0.378 e. The highest BCUT2D eigenvalue weighted by atomic mass is 19.1. The molecule has 1 fully saturated rings. The van der Waals surface area contributed by atoms with Crippen LogP contribution in [-0.4, -0.2) is 37.4 Å². The van der Waals surface area contributed by atoms with Crippen LogP contribution in [0.25, 0.3) is 0 Å². The molecule has 1 atom stereocenters. The first kappa shape index (κ1) is 15.5. The molecule has 1 aliphatic rings. The van der Waals surface area contributed by atoms with Crippen molar-refractivity contribution in [3.8, 4) is 0 Å². The van der Waals surface area contributed by atoms with Crippen LogP contribution in [0.4, 0.5) is 10.1 Å². The molecular formula is C16H18FN3O3. The van der Waals surface area contributed by atoms with E-state index in [2.05, 4.69) is 10.5 Å². The van der Waals surface area contributed by atoms with Gasteiger partial charge < -0.3 is 19.5 Å². The number of hydrogen-bond donors (Lipinski definition) is 1. The predicted molar refractivity (Wildman–Crippen MR) is 81.8 cm³/mol. The molecule has 2 aromatic rings. The molecule has 0 aliphatic carbocycles. The maximum absolute atomic E-state index is 13.9. The van der Waals surface area contributed by atoms with Crippen LogP contribution in [0.2, 0.25) is 0 Å². The molecule has 122 valence electrons. The van der Waals surface area contributed by atoms with Gasteiger partial charge in [0.2, 0.25) is 0 Å². The second-order valence-electron chi connectivity index (χ2n) is 5.42. The lowest BCUT2D eigenvalue weighted by Crippen LogP contribution is -2.36. The number of carbonyl (C=O) groups is 1. The van der Waals surface area contributed by atoms with Crippen molar-refractivity contribution in [2.24, 2.45) is 0 Å². The van der Waals surface area contributed by atoms with Crippen LogP contribution in [0.1, 0.15) is 29.0 Å². The fraction of sp³-hybridized carbons (Fsp3) is 0.375. The number of aromatic nitrogens is 1. The smallest absolute Gasteiger partial charge is 0.251 e. The summed E-state index contributed by atoms with van der Waals surface area (Å²) in [6, 6.07) is 5.71. The van der Waals surface area contributed by atoms with Gasteiger partial charge in [-0.25, -0.2) is 4.39 Å². The number of ether oxygens (including phenoxy) is 1. The summed E-state index contributed by atoms with van der Waals surface area (Å²) >= 11 is 0. The summed E-state index contributed by atoms with van der Waals surface area (Å²) in [5.74, 6) is -0.789. The van der Waals surface area contributed by atoms with E-state index in [-0.39, 0.29) is 17.5 Å². The molecule has 1 aromatic carbocycles. The van der Waals surface area contributed by atoms with Crippen molar-refractivity contribution in [2.75, 3.05) is 31.2 Å². The van der Waals surface area contributed by atoms with Crippen molar-refractivity contribution >= 4 is 11.6 Å². The Hall–Kier alpha value is -2.41. The fourth-order valence-corrected chi connectivity index (χ4v) is 2.51. The zero-order chi connectivity index (χ0) is 16.2. The van der Waals surface area contributed by atoms with E-state index in [4.69, 9.17) is 9.26 Å². The minimum absolute atomic E-state index is 0.279. The average molecular weight is 319 g/mol. The number of hydrogen-bond acceptors (Lipinski definition) is 5. The number of nitrogens with one attached hydrogen (secondary N) is 1. The number of rotatable bonds is 4. The normalized spacial score (nSPS) is 16.2. The third-order valence-corrected chi connectivity index (χ3v) is 3.77. The lowest BCUT2D eigenvalue weighted by Gasteiger charge is -2.29. The van der Waals surface area contributed by atoms with Crippen LogP contribution in [0.3, 0.4) is 0 Å². The second kappa shape index (κ2) is 6.78. The first-order valence-corrected chi connectivity index (χ1v) is 7.48. The summed E-state index contributed by atoms with van der Waals surface area (Å²) in [4.78, 5) is 14.4. The summed E-state index contributed by atoms with van der Waals surface area (Å²) < 4.78 is 23.9. The Morgan fingerprint density at radius 3 is 2.83 bits per heavy atom. The molecule has 0 bridgehead atoms. The molecule has 6 nitrogen and oxygen atoms in total. The van der Waals surface area contributed by atoms with Crippen LogP contribution >= 0.6 is 0 Å². The zero-order valence-corrected chi connectivity index (χ0v) is 12.8. The molecule has 23 heavy (non-hydrogen) atoms. The molecule has 1 aliphatic heterocycles. The molecule has 1 N–H and O–H groups in total. The monoisotopic (exact) mass is 319 g/mol. The molecule has 1 unspecified atom stereocenters. The second-order valence-corrected chi connectivity index (χ2v) is 5.42. The van der Waals surface area contributed by atoms with Crippen molar-refractivity contribution in [2.45, 2.75) is 13.0 Å². The number of morpholine rings is 1. The fourth-order valence-electron chi connectivity index (χ4n) is 2.51. The Morgan fingerprint density at radius 2 is 2.13 bits per heavy atom. The van der Waals surface area contributed by atoms with Gasteiger partial charge in [0.15, 0.2) is 0 Å². The molecular weight excluding hydrogens is 301 g/mol. The van der Waals surface area contributed by atoms with Gasteiger partial charge in [0, 0.05) is 30.4 Å². The van der Waals surface area contributed by atoms with Crippen molar-refractivity contribution in [1.82, 2.24) is 10.5 Å². The standard InChI is InChI=1S/C16H18FN3O3/c1-11(15-2-5-23-19-15)18-16(21)12-8-13(17)10-14(9-12)20-3-6-22-7-4-20/h2,5,8-11H,3-4,6-7H2,1H3,(H,18,21). The van der Waals surface area contributed by atoms with Gasteiger partial charge in [0.25, 0.3) is 5.91 Å². The van der Waals surface area contributed by atoms with E-state index in [0.29, 0.717) is 37.7 Å². The maximum atomic E-state index is 13.9. The Labute approximate surface area is 133 Å². The number of halogens is 1. The highest BCUT2D eigenvalue weighted by Crippen LogP contribution is 2.20. The number of anilines is 1. The molecule has 0 spiro atoms. The van der Waals surface area contributed by atoms with Crippen LogP contribution in [0, 0.1) is 5.82 Å². The van der Waals surface area contributed by atoms with Crippen molar-refractivity contribution in [3.05, 3.63) is 47.6 Å². The van der Waals surface area contributed by atoms with Crippen LogP contribution in [-0.2, 0) is 4.74 Å². The van der Waals surface area contributed by atoms with Gasteiger partial charge in [0.05, 0.1) is 19.3 Å². The number of nitrogens with zero attached hydrogens (tertiary/aromatic N) is 2. The molecule has 1 amide bonds. The van der Waals surface area contributed by atoms with Crippen LogP contribution < -0.4 is 10.2 Å². The van der Waals surface area contributed by atoms with Gasteiger partial charge in [-0.2, -0.15) is 0 Å². The van der Waals surface area contributed by atoms with Gasteiger partial charge in [-0.05, 0) is 25.1 Å². The lowest BCUT2D eigenvalue weighted by molar-refractivity contribution is 0.0938. The van der Waals surface area contributed by atoms with E-state index >= 15 is 0 Å². The Bertz CT molecular complexity index is 669. The topological polar surface area (TPSA) is 67.6 Å². The summed E-state index contributed by atoms with van der Waals surface area (Å²) in [5.41, 5.74) is 1.58. The van der Waals surface area contributed by atoms with Crippen molar-refractivity contribution in [1.29, 1.82) is 0 Å². The molecule has 1 saturated heterocycles. The molecule has 0 saturated carbocycles. The van der Waals surface area contributed by atoms with Crippen molar-refractivity contribution in [3.63, 3.8) is 0 Å². The third-order valence-electron chi connectivity index (χ3n) is 3.77. The molecule has 3 rings (SSSR count). The van der Waals surface area contributed by atoms with Gasteiger partial charge in [-0.3, -0.25) is 4.79 Å². The third kappa shape index (κ3) is 3.68. The van der Waals surface area contributed by atoms with Gasteiger partial charge in [-0.1, -0.05) is 5.16 Å². The zero-order valence-electron chi connectivity index (χ0n) is 12.8. The Kier molecular flexibility index (Phi) is 4.57. The van der Waals surface area contributed by atoms with E-state index in [1.54, 1.807) is 19.1 Å². The molecule has 0 radical (unpaired) electrons. The Balaban J connectivity index is 1.76. The number of carbonyl (C=O) groups excluding carboxylic acids is 1. The van der Waals surface area contributed by atoms with E-state index in [9.17, 15) is 9.18 Å². The minimum Gasteiger partial charge on any atom is -0.378 e. The van der Waals surface area contributed by atoms with Gasteiger partial charge in [-0.15, -0.1) is 0 Å².